The second kappa shape index (κ2) is 7.79. The van der Waals surface area contributed by atoms with E-state index in [1.54, 1.807) is 0 Å². The van der Waals surface area contributed by atoms with Crippen molar-refractivity contribution in [1.82, 2.24) is 4.90 Å². The highest BCUT2D eigenvalue weighted by Gasteiger charge is 2.27. The molecule has 1 atom stereocenters. The lowest BCUT2D eigenvalue weighted by atomic mass is 9.89. The summed E-state index contributed by atoms with van der Waals surface area (Å²) >= 11 is 0. The molecule has 1 unspecified atom stereocenters. The zero-order valence-electron chi connectivity index (χ0n) is 13.2. The molecule has 0 aliphatic carbocycles. The number of hydrogen-bond acceptors (Lipinski definition) is 3. The van der Waals surface area contributed by atoms with E-state index in [9.17, 15) is 9.59 Å². The van der Waals surface area contributed by atoms with Crippen LogP contribution in [0.5, 0.6) is 0 Å². The Balaban J connectivity index is 0.00000192. The molecular weight excluding hydrogens is 314 g/mol. The highest BCUT2D eigenvalue weighted by atomic mass is 35.5. The van der Waals surface area contributed by atoms with Crippen molar-refractivity contribution >= 4 is 29.9 Å². The summed E-state index contributed by atoms with van der Waals surface area (Å²) in [6, 6.07) is 8.09. The highest BCUT2D eigenvalue weighted by molar-refractivity contribution is 5.96. The molecule has 126 valence electrons. The van der Waals surface area contributed by atoms with Gasteiger partial charge in [0.25, 0.3) is 0 Å². The van der Waals surface area contributed by atoms with Crippen LogP contribution in [0.15, 0.2) is 24.3 Å². The van der Waals surface area contributed by atoms with Gasteiger partial charge in [0.2, 0.25) is 11.8 Å². The lowest BCUT2D eigenvalue weighted by Gasteiger charge is -2.31. The van der Waals surface area contributed by atoms with E-state index >= 15 is 0 Å². The van der Waals surface area contributed by atoms with Crippen molar-refractivity contribution in [2.75, 3.05) is 18.4 Å². The molecule has 23 heavy (non-hydrogen) atoms. The van der Waals surface area contributed by atoms with Gasteiger partial charge in [-0.15, -0.1) is 12.4 Å². The summed E-state index contributed by atoms with van der Waals surface area (Å²) in [4.78, 5) is 26.3. The monoisotopic (exact) mass is 337 g/mol. The van der Waals surface area contributed by atoms with E-state index in [-0.39, 0.29) is 36.2 Å². The van der Waals surface area contributed by atoms with E-state index in [2.05, 4.69) is 5.32 Å². The van der Waals surface area contributed by atoms with Crippen LogP contribution < -0.4 is 11.1 Å². The number of anilines is 1. The molecule has 0 bridgehead atoms. The third-order valence-corrected chi connectivity index (χ3v) is 4.71. The largest absolute Gasteiger partial charge is 0.343 e. The number of amides is 2. The fourth-order valence-corrected chi connectivity index (χ4v) is 3.25. The van der Waals surface area contributed by atoms with E-state index < -0.39 is 0 Å². The smallest absolute Gasteiger partial charge is 0.227 e. The zero-order valence-corrected chi connectivity index (χ0v) is 14.0. The number of benzene rings is 1. The topological polar surface area (TPSA) is 75.4 Å². The van der Waals surface area contributed by atoms with Gasteiger partial charge in [-0.1, -0.05) is 18.2 Å². The molecule has 2 amide bonds. The van der Waals surface area contributed by atoms with Crippen molar-refractivity contribution in [2.45, 2.75) is 38.1 Å². The molecule has 3 rings (SSSR count). The molecule has 1 fully saturated rings. The lowest BCUT2D eigenvalue weighted by Crippen LogP contribution is -2.43. The van der Waals surface area contributed by atoms with Gasteiger partial charge in [0.15, 0.2) is 0 Å². The van der Waals surface area contributed by atoms with Crippen molar-refractivity contribution in [3.63, 3.8) is 0 Å². The summed E-state index contributed by atoms with van der Waals surface area (Å²) in [5.74, 6) is 0.0802. The molecule has 0 spiro atoms. The van der Waals surface area contributed by atoms with Crippen LogP contribution in [0.25, 0.3) is 0 Å². The van der Waals surface area contributed by atoms with E-state index in [1.807, 2.05) is 29.2 Å². The Bertz CT molecular complexity index is 571. The van der Waals surface area contributed by atoms with E-state index in [0.29, 0.717) is 12.8 Å². The van der Waals surface area contributed by atoms with Crippen molar-refractivity contribution in [3.8, 4) is 0 Å². The van der Waals surface area contributed by atoms with Gasteiger partial charge in [-0.25, -0.2) is 0 Å². The number of rotatable bonds is 3. The first kappa shape index (κ1) is 17.8. The van der Waals surface area contributed by atoms with Crippen LogP contribution in [0.2, 0.25) is 0 Å². The predicted molar refractivity (Wildman–Crippen MR) is 92.5 cm³/mol. The van der Waals surface area contributed by atoms with Gasteiger partial charge in [0, 0.05) is 37.2 Å². The van der Waals surface area contributed by atoms with Crippen LogP contribution in [-0.4, -0.2) is 35.8 Å². The van der Waals surface area contributed by atoms with Gasteiger partial charge in [-0.3, -0.25) is 9.59 Å². The Morgan fingerprint density at radius 3 is 2.70 bits per heavy atom. The SMILES string of the molecule is Cl.NC1CCN(C(=O)CCC2Cc3ccccc3NC2=O)CC1. The van der Waals surface area contributed by atoms with Crippen LogP contribution in [0.4, 0.5) is 5.69 Å². The van der Waals surface area contributed by atoms with E-state index in [4.69, 9.17) is 5.73 Å². The van der Waals surface area contributed by atoms with Gasteiger partial charge in [0.05, 0.1) is 0 Å². The molecule has 3 N–H and O–H groups in total. The molecule has 0 aromatic heterocycles. The third kappa shape index (κ3) is 4.24. The van der Waals surface area contributed by atoms with Crippen LogP contribution in [0, 0.1) is 5.92 Å². The number of piperidine rings is 1. The van der Waals surface area contributed by atoms with Gasteiger partial charge >= 0.3 is 0 Å². The summed E-state index contributed by atoms with van der Waals surface area (Å²) in [7, 11) is 0. The first-order chi connectivity index (χ1) is 10.6. The quantitative estimate of drug-likeness (QED) is 0.885. The first-order valence-electron chi connectivity index (χ1n) is 8.05. The minimum atomic E-state index is -0.106. The second-order valence-electron chi connectivity index (χ2n) is 6.30. The summed E-state index contributed by atoms with van der Waals surface area (Å²) in [6.45, 7) is 1.50. The Labute approximate surface area is 143 Å². The maximum absolute atomic E-state index is 12.3. The molecule has 0 saturated carbocycles. The Hall–Kier alpha value is -1.59. The minimum absolute atomic E-state index is 0. The van der Waals surface area contributed by atoms with Crippen molar-refractivity contribution in [3.05, 3.63) is 29.8 Å². The number of carbonyl (C=O) groups is 2. The molecule has 2 heterocycles. The normalized spacial score (nSPS) is 21.2. The number of nitrogens with zero attached hydrogens (tertiary/aromatic N) is 1. The Kier molecular flexibility index (Phi) is 6.02. The molecule has 6 heteroatoms. The number of likely N-dealkylation sites (tertiary alicyclic amines) is 1. The number of fused-ring (bicyclic) bond motifs is 1. The Morgan fingerprint density at radius 1 is 1.26 bits per heavy atom. The van der Waals surface area contributed by atoms with Gasteiger partial charge in [-0.2, -0.15) is 0 Å². The van der Waals surface area contributed by atoms with Crippen LogP contribution in [-0.2, 0) is 16.0 Å². The molecular formula is C17H24ClN3O2. The minimum Gasteiger partial charge on any atom is -0.343 e. The van der Waals surface area contributed by atoms with Crippen LogP contribution in [0.1, 0.15) is 31.2 Å². The third-order valence-electron chi connectivity index (χ3n) is 4.71. The maximum atomic E-state index is 12.3. The number of para-hydroxylation sites is 1. The summed E-state index contributed by atoms with van der Waals surface area (Å²) in [5.41, 5.74) is 7.92. The summed E-state index contributed by atoms with van der Waals surface area (Å²) < 4.78 is 0. The zero-order chi connectivity index (χ0) is 15.5. The van der Waals surface area contributed by atoms with Crippen molar-refractivity contribution in [1.29, 1.82) is 0 Å². The van der Waals surface area contributed by atoms with Gasteiger partial charge < -0.3 is 16.0 Å². The van der Waals surface area contributed by atoms with Gasteiger partial charge in [0.1, 0.15) is 0 Å². The number of halogens is 1. The molecule has 1 aromatic carbocycles. The molecule has 1 aromatic rings. The molecule has 5 nitrogen and oxygen atoms in total. The van der Waals surface area contributed by atoms with E-state index in [0.717, 1.165) is 43.6 Å². The molecule has 2 aliphatic rings. The van der Waals surface area contributed by atoms with Gasteiger partial charge in [-0.05, 0) is 37.3 Å². The number of nitrogens with one attached hydrogen (secondary N) is 1. The predicted octanol–water partition coefficient (Wildman–Crippen LogP) is 1.95. The molecule has 1 saturated heterocycles. The second-order valence-corrected chi connectivity index (χ2v) is 6.30. The average molecular weight is 338 g/mol. The first-order valence-corrected chi connectivity index (χ1v) is 8.05. The van der Waals surface area contributed by atoms with E-state index in [1.165, 1.54) is 0 Å². The Morgan fingerprint density at radius 2 is 1.96 bits per heavy atom. The van der Waals surface area contributed by atoms with Crippen molar-refractivity contribution in [2.24, 2.45) is 11.7 Å². The lowest BCUT2D eigenvalue weighted by molar-refractivity contribution is -0.132. The summed E-state index contributed by atoms with van der Waals surface area (Å²) in [6.07, 6.45) is 3.53. The van der Waals surface area contributed by atoms with Crippen molar-refractivity contribution < 1.29 is 9.59 Å². The average Bonchev–Trinajstić information content (AvgIpc) is 2.53. The number of nitrogens with two attached hydrogens (primary N) is 1. The van der Waals surface area contributed by atoms with Crippen LogP contribution >= 0.6 is 12.4 Å². The maximum Gasteiger partial charge on any atom is 0.227 e. The van der Waals surface area contributed by atoms with Crippen LogP contribution in [0.3, 0.4) is 0 Å². The fraction of sp³-hybridized carbons (Fsp3) is 0.529. The number of carbonyl (C=O) groups excluding carboxylic acids is 2. The summed E-state index contributed by atoms with van der Waals surface area (Å²) in [5, 5.41) is 2.94. The standard InChI is InChI=1S/C17H23N3O2.ClH/c18-14-7-9-20(10-8-14)16(21)6-5-13-11-12-3-1-2-4-15(12)19-17(13)22;/h1-4,13-14H,5-11,18H2,(H,19,22);1H. The molecule has 2 aliphatic heterocycles. The highest BCUT2D eigenvalue weighted by Crippen LogP contribution is 2.27. The number of hydrogen-bond donors (Lipinski definition) is 2. The fourth-order valence-electron chi connectivity index (χ4n) is 3.25. The molecule has 0 radical (unpaired) electrons.